The molecular formula is C21H25N5O5S. The summed E-state index contributed by atoms with van der Waals surface area (Å²) >= 11 is 0. The number of anilines is 2. The number of aromatic amines is 1. The summed E-state index contributed by atoms with van der Waals surface area (Å²) in [5, 5.41) is 17.6. The van der Waals surface area contributed by atoms with Gasteiger partial charge in [-0.05, 0) is 49.6 Å². The first-order valence-corrected chi connectivity index (χ1v) is 12.2. The van der Waals surface area contributed by atoms with E-state index < -0.39 is 21.5 Å². The van der Waals surface area contributed by atoms with Crippen molar-refractivity contribution < 1.29 is 18.3 Å². The Bertz CT molecular complexity index is 1320. The summed E-state index contributed by atoms with van der Waals surface area (Å²) in [4.78, 5) is 28.3. The van der Waals surface area contributed by atoms with Gasteiger partial charge in [0.2, 0.25) is 0 Å². The minimum Gasteiger partial charge on any atom is -0.465 e. The molecule has 0 atom stereocenters. The molecule has 3 aromatic rings. The monoisotopic (exact) mass is 459 g/mol. The molecule has 1 aliphatic rings. The lowest BCUT2D eigenvalue weighted by atomic mass is 9.85. The van der Waals surface area contributed by atoms with Crippen molar-refractivity contribution in [1.29, 1.82) is 0 Å². The Labute approximate surface area is 184 Å². The molecule has 170 valence electrons. The zero-order chi connectivity index (χ0) is 23.1. The first-order valence-electron chi connectivity index (χ1n) is 10.3. The molecule has 0 bridgehead atoms. The third kappa shape index (κ3) is 3.83. The highest BCUT2D eigenvalue weighted by atomic mass is 32.2. The number of aromatic nitrogens is 3. The molecule has 10 nitrogen and oxygen atoms in total. The van der Waals surface area contributed by atoms with E-state index in [0.717, 1.165) is 12.7 Å². The molecule has 0 radical (unpaired) electrons. The summed E-state index contributed by atoms with van der Waals surface area (Å²) < 4.78 is 25.3. The van der Waals surface area contributed by atoms with Crippen molar-refractivity contribution in [1.82, 2.24) is 19.7 Å². The first-order chi connectivity index (χ1) is 15.1. The molecule has 0 spiro atoms. The van der Waals surface area contributed by atoms with E-state index in [0.29, 0.717) is 48.3 Å². The van der Waals surface area contributed by atoms with E-state index in [-0.39, 0.29) is 10.5 Å². The third-order valence-corrected chi connectivity index (χ3v) is 7.35. The van der Waals surface area contributed by atoms with E-state index in [1.54, 1.807) is 24.4 Å². The van der Waals surface area contributed by atoms with Crippen LogP contribution in [0, 0.1) is 0 Å². The zero-order valence-corrected chi connectivity index (χ0v) is 18.6. The van der Waals surface area contributed by atoms with Crippen molar-refractivity contribution in [2.75, 3.05) is 24.7 Å². The first kappa shape index (κ1) is 21.9. The van der Waals surface area contributed by atoms with Crippen molar-refractivity contribution in [2.45, 2.75) is 36.6 Å². The van der Waals surface area contributed by atoms with Gasteiger partial charge in [0.25, 0.3) is 5.56 Å². The highest BCUT2D eigenvalue weighted by molar-refractivity contribution is 7.90. The van der Waals surface area contributed by atoms with Crippen LogP contribution < -0.4 is 10.9 Å². The average Bonchev–Trinajstić information content (AvgIpc) is 3.13. The molecule has 3 heterocycles. The van der Waals surface area contributed by atoms with Crippen molar-refractivity contribution >= 4 is 38.3 Å². The predicted octanol–water partition coefficient (Wildman–Crippen LogP) is 2.75. The van der Waals surface area contributed by atoms with Crippen LogP contribution in [0.3, 0.4) is 0 Å². The van der Waals surface area contributed by atoms with Gasteiger partial charge in [0.15, 0.2) is 15.7 Å². The number of H-pyrrole nitrogens is 1. The number of hydrogen-bond donors (Lipinski definition) is 3. The van der Waals surface area contributed by atoms with Crippen LogP contribution in [0.25, 0.3) is 10.9 Å². The molecule has 11 heteroatoms. The predicted molar refractivity (Wildman–Crippen MR) is 120 cm³/mol. The molecule has 1 amide bonds. The molecule has 1 fully saturated rings. The van der Waals surface area contributed by atoms with Gasteiger partial charge in [-0.2, -0.15) is 5.10 Å². The summed E-state index contributed by atoms with van der Waals surface area (Å²) in [6.07, 6.45) is 3.68. The Morgan fingerprint density at radius 1 is 1.22 bits per heavy atom. The minimum absolute atomic E-state index is 0.200. The maximum Gasteiger partial charge on any atom is 0.407 e. The van der Waals surface area contributed by atoms with Crippen molar-refractivity contribution in [2.24, 2.45) is 0 Å². The topological polar surface area (TPSA) is 137 Å². The molecule has 1 aliphatic heterocycles. The van der Waals surface area contributed by atoms with Crippen LogP contribution in [0.1, 0.15) is 26.2 Å². The SMILES string of the molecule is CCC1(n2nc(Nc3ccc(S(C)(=O)=O)cc3)c3c(=O)[nH]ccc32)CCN(C(=O)O)CC1. The van der Waals surface area contributed by atoms with Gasteiger partial charge in [-0.15, -0.1) is 0 Å². The second kappa shape index (κ2) is 7.97. The van der Waals surface area contributed by atoms with Crippen LogP contribution in [-0.4, -0.2) is 58.6 Å². The molecule has 32 heavy (non-hydrogen) atoms. The molecule has 0 saturated carbocycles. The molecule has 3 N–H and O–H groups in total. The van der Waals surface area contributed by atoms with Crippen LogP contribution in [0.15, 0.2) is 46.2 Å². The summed E-state index contributed by atoms with van der Waals surface area (Å²) in [5.41, 5.74) is 0.546. The molecule has 1 aromatic carbocycles. The molecule has 0 unspecified atom stereocenters. The fourth-order valence-electron chi connectivity index (χ4n) is 4.28. The Balaban J connectivity index is 1.76. The second-order valence-electron chi connectivity index (χ2n) is 8.10. The Morgan fingerprint density at radius 2 is 1.88 bits per heavy atom. The highest BCUT2D eigenvalue weighted by Crippen LogP contribution is 2.37. The van der Waals surface area contributed by atoms with Crippen LogP contribution in [0.4, 0.5) is 16.3 Å². The largest absolute Gasteiger partial charge is 0.465 e. The number of rotatable bonds is 5. The summed E-state index contributed by atoms with van der Waals surface area (Å²) in [5.74, 6) is 0.363. The molecule has 4 rings (SSSR count). The summed E-state index contributed by atoms with van der Waals surface area (Å²) in [6.45, 7) is 2.82. The number of piperidine rings is 1. The molecule has 2 aromatic heterocycles. The Kier molecular flexibility index (Phi) is 5.45. The van der Waals surface area contributed by atoms with Gasteiger partial charge in [0.1, 0.15) is 5.39 Å². The maximum atomic E-state index is 12.7. The van der Waals surface area contributed by atoms with Gasteiger partial charge in [-0.3, -0.25) is 9.48 Å². The molecule has 1 saturated heterocycles. The lowest BCUT2D eigenvalue weighted by Crippen LogP contribution is -2.47. The maximum absolute atomic E-state index is 12.7. The minimum atomic E-state index is -3.31. The number of fused-ring (bicyclic) bond motifs is 1. The van der Waals surface area contributed by atoms with Crippen LogP contribution in [-0.2, 0) is 15.4 Å². The van der Waals surface area contributed by atoms with Crippen LogP contribution >= 0.6 is 0 Å². The molecular weight excluding hydrogens is 434 g/mol. The number of sulfone groups is 1. The van der Waals surface area contributed by atoms with Crippen molar-refractivity contribution in [3.8, 4) is 0 Å². The number of likely N-dealkylation sites (tertiary alicyclic amines) is 1. The number of carboxylic acid groups (broad SMARTS) is 1. The van der Waals surface area contributed by atoms with E-state index >= 15 is 0 Å². The standard InChI is InChI=1S/C21H25N5O5S/c1-3-21(9-12-25(13-10-21)20(28)29)26-16-8-11-22-19(27)17(16)18(24-26)23-14-4-6-15(7-5-14)32(2,30)31/h4-8,11H,3,9-10,12-13H2,1-2H3,(H,22,27)(H,23,24)(H,28,29). The second-order valence-corrected chi connectivity index (χ2v) is 10.1. The van der Waals surface area contributed by atoms with Gasteiger partial charge >= 0.3 is 6.09 Å². The van der Waals surface area contributed by atoms with E-state index in [9.17, 15) is 23.1 Å². The number of amides is 1. The lowest BCUT2D eigenvalue weighted by molar-refractivity contribution is 0.0869. The number of nitrogens with one attached hydrogen (secondary N) is 2. The van der Waals surface area contributed by atoms with Crippen molar-refractivity contribution in [3.63, 3.8) is 0 Å². The van der Waals surface area contributed by atoms with Gasteiger partial charge in [0.05, 0.1) is 16.0 Å². The summed E-state index contributed by atoms with van der Waals surface area (Å²) in [6, 6.07) is 8.04. The van der Waals surface area contributed by atoms with E-state index in [1.165, 1.54) is 17.0 Å². The van der Waals surface area contributed by atoms with Gasteiger partial charge in [-0.1, -0.05) is 6.92 Å². The Morgan fingerprint density at radius 3 is 2.44 bits per heavy atom. The van der Waals surface area contributed by atoms with Crippen LogP contribution in [0.5, 0.6) is 0 Å². The number of nitrogens with zero attached hydrogens (tertiary/aromatic N) is 3. The normalized spacial score (nSPS) is 16.2. The number of hydrogen-bond acceptors (Lipinski definition) is 6. The highest BCUT2D eigenvalue weighted by Gasteiger charge is 2.38. The quantitative estimate of drug-likeness (QED) is 0.533. The smallest absolute Gasteiger partial charge is 0.407 e. The lowest BCUT2D eigenvalue weighted by Gasteiger charge is -2.41. The fourth-order valence-corrected chi connectivity index (χ4v) is 4.91. The zero-order valence-electron chi connectivity index (χ0n) is 17.8. The van der Waals surface area contributed by atoms with Gasteiger partial charge in [0, 0.05) is 31.2 Å². The third-order valence-electron chi connectivity index (χ3n) is 6.22. The number of pyridine rings is 1. The molecule has 0 aliphatic carbocycles. The van der Waals surface area contributed by atoms with Gasteiger partial charge < -0.3 is 20.3 Å². The fraction of sp³-hybridized carbons (Fsp3) is 0.381. The van der Waals surface area contributed by atoms with Gasteiger partial charge in [-0.25, -0.2) is 13.2 Å². The average molecular weight is 460 g/mol. The number of carbonyl (C=O) groups is 1. The van der Waals surface area contributed by atoms with E-state index in [4.69, 9.17) is 5.10 Å². The van der Waals surface area contributed by atoms with Crippen LogP contribution in [0.2, 0.25) is 0 Å². The van der Waals surface area contributed by atoms with E-state index in [2.05, 4.69) is 10.3 Å². The van der Waals surface area contributed by atoms with Crippen molar-refractivity contribution in [3.05, 3.63) is 46.9 Å². The summed E-state index contributed by atoms with van der Waals surface area (Å²) in [7, 11) is -3.31. The Hall–Kier alpha value is -3.34. The van der Waals surface area contributed by atoms with E-state index in [1.807, 2.05) is 11.6 Å². The number of benzene rings is 1.